The molecule has 1 aliphatic rings. The van der Waals surface area contributed by atoms with Crippen LogP contribution in [0.4, 0.5) is 0 Å². The lowest BCUT2D eigenvalue weighted by molar-refractivity contribution is -0.140. The highest BCUT2D eigenvalue weighted by Gasteiger charge is 2.26. The van der Waals surface area contributed by atoms with E-state index in [2.05, 4.69) is 10.3 Å². The first kappa shape index (κ1) is 12.0. The second-order valence-corrected chi connectivity index (χ2v) is 4.21. The fourth-order valence-electron chi connectivity index (χ4n) is 1.78. The molecule has 94 valence electrons. The zero-order valence-electron chi connectivity index (χ0n) is 9.82. The van der Waals surface area contributed by atoms with Gasteiger partial charge >= 0.3 is 0 Å². The quantitative estimate of drug-likeness (QED) is 0.720. The van der Waals surface area contributed by atoms with Gasteiger partial charge in [-0.15, -0.1) is 5.10 Å². The number of nitrogens with zero attached hydrogens (tertiary/aromatic N) is 4. The molecule has 1 aliphatic heterocycles. The maximum absolute atomic E-state index is 12.0. The van der Waals surface area contributed by atoms with Crippen LogP contribution in [0, 0.1) is 0 Å². The van der Waals surface area contributed by atoms with Gasteiger partial charge in [-0.1, -0.05) is 5.21 Å². The van der Waals surface area contributed by atoms with E-state index in [9.17, 15) is 4.79 Å². The lowest BCUT2D eigenvalue weighted by atomic mass is 10.1. The van der Waals surface area contributed by atoms with Gasteiger partial charge in [-0.2, -0.15) is 0 Å². The molecular weight excluding hydrogens is 222 g/mol. The lowest BCUT2D eigenvalue weighted by Gasteiger charge is -2.34. The number of aromatic nitrogens is 3. The first-order valence-electron chi connectivity index (χ1n) is 5.66. The summed E-state index contributed by atoms with van der Waals surface area (Å²) < 4.78 is 7.01. The average Bonchev–Trinajstić information content (AvgIpc) is 2.82. The van der Waals surface area contributed by atoms with Crippen molar-refractivity contribution in [3.63, 3.8) is 0 Å². The van der Waals surface area contributed by atoms with Crippen LogP contribution in [0.5, 0.6) is 0 Å². The Morgan fingerprint density at radius 1 is 1.71 bits per heavy atom. The first-order valence-corrected chi connectivity index (χ1v) is 5.66. The maximum atomic E-state index is 12.0. The number of hydrogen-bond acceptors (Lipinski definition) is 5. The summed E-state index contributed by atoms with van der Waals surface area (Å²) in [6, 6.07) is -0.0722. The molecule has 0 saturated carbocycles. The van der Waals surface area contributed by atoms with Crippen molar-refractivity contribution >= 4 is 5.91 Å². The number of amides is 1. The summed E-state index contributed by atoms with van der Waals surface area (Å²) in [5, 5.41) is 7.43. The summed E-state index contributed by atoms with van der Waals surface area (Å²) in [7, 11) is 0. The Balaban J connectivity index is 1.91. The van der Waals surface area contributed by atoms with Gasteiger partial charge in [-0.3, -0.25) is 4.79 Å². The summed E-state index contributed by atoms with van der Waals surface area (Å²) in [6.45, 7) is 3.79. The second-order valence-electron chi connectivity index (χ2n) is 4.21. The summed E-state index contributed by atoms with van der Waals surface area (Å²) in [6.07, 6.45) is 3.14. The molecule has 2 rings (SSSR count). The van der Waals surface area contributed by atoms with Gasteiger partial charge in [0.1, 0.15) is 6.54 Å². The fourth-order valence-corrected chi connectivity index (χ4v) is 1.78. The molecule has 2 N–H and O–H groups in total. The Morgan fingerprint density at radius 3 is 3.18 bits per heavy atom. The van der Waals surface area contributed by atoms with Crippen molar-refractivity contribution in [1.29, 1.82) is 0 Å². The second kappa shape index (κ2) is 5.24. The van der Waals surface area contributed by atoms with E-state index in [4.69, 9.17) is 10.5 Å². The van der Waals surface area contributed by atoms with Crippen molar-refractivity contribution in [3.8, 4) is 0 Å². The zero-order chi connectivity index (χ0) is 12.3. The SMILES string of the molecule is CC(N)C1CN(C(=O)Cn2ccnn2)CCO1. The molecule has 0 aromatic carbocycles. The van der Waals surface area contributed by atoms with Gasteiger partial charge < -0.3 is 15.4 Å². The Labute approximate surface area is 99.5 Å². The predicted molar refractivity (Wildman–Crippen MR) is 60.0 cm³/mol. The molecule has 0 aliphatic carbocycles. The Bertz CT molecular complexity index is 365. The Kier molecular flexibility index (Phi) is 3.70. The average molecular weight is 239 g/mol. The summed E-state index contributed by atoms with van der Waals surface area (Å²) >= 11 is 0. The van der Waals surface area contributed by atoms with E-state index in [1.165, 1.54) is 4.68 Å². The molecule has 2 atom stereocenters. The van der Waals surface area contributed by atoms with Crippen molar-refractivity contribution in [3.05, 3.63) is 12.4 Å². The van der Waals surface area contributed by atoms with Gasteiger partial charge in [0.2, 0.25) is 5.91 Å². The molecule has 7 nitrogen and oxygen atoms in total. The number of hydrogen-bond donors (Lipinski definition) is 1. The molecule has 1 aromatic rings. The number of carbonyl (C=O) groups excluding carboxylic acids is 1. The molecule has 0 radical (unpaired) electrons. The van der Waals surface area contributed by atoms with Crippen LogP contribution in [0.15, 0.2) is 12.4 Å². The number of rotatable bonds is 3. The van der Waals surface area contributed by atoms with E-state index in [0.717, 1.165) is 0 Å². The molecular formula is C10H17N5O2. The largest absolute Gasteiger partial charge is 0.373 e. The third kappa shape index (κ3) is 3.01. The highest BCUT2D eigenvalue weighted by atomic mass is 16.5. The molecule has 2 heterocycles. The third-order valence-corrected chi connectivity index (χ3v) is 2.80. The Hall–Kier alpha value is -1.47. The number of nitrogens with two attached hydrogens (primary N) is 1. The van der Waals surface area contributed by atoms with Gasteiger partial charge in [-0.05, 0) is 6.92 Å². The van der Waals surface area contributed by atoms with E-state index in [0.29, 0.717) is 19.7 Å². The molecule has 17 heavy (non-hydrogen) atoms. The standard InChI is InChI=1S/C10H17N5O2/c1-8(11)9-6-14(4-5-17-9)10(16)7-15-3-2-12-13-15/h2-3,8-9H,4-7,11H2,1H3. The highest BCUT2D eigenvalue weighted by Crippen LogP contribution is 2.08. The van der Waals surface area contributed by atoms with Crippen molar-refractivity contribution < 1.29 is 9.53 Å². The van der Waals surface area contributed by atoms with Gasteiger partial charge in [0.25, 0.3) is 0 Å². The topological polar surface area (TPSA) is 86.3 Å². The fraction of sp³-hybridized carbons (Fsp3) is 0.700. The molecule has 7 heteroatoms. The van der Waals surface area contributed by atoms with Crippen LogP contribution in [0.1, 0.15) is 6.92 Å². The minimum Gasteiger partial charge on any atom is -0.373 e. The van der Waals surface area contributed by atoms with E-state index >= 15 is 0 Å². The smallest absolute Gasteiger partial charge is 0.244 e. The number of carbonyl (C=O) groups is 1. The van der Waals surface area contributed by atoms with Gasteiger partial charge in [-0.25, -0.2) is 4.68 Å². The molecule has 1 amide bonds. The summed E-state index contributed by atoms with van der Waals surface area (Å²) in [5.74, 6) is 0.0180. The van der Waals surface area contributed by atoms with E-state index in [1.54, 1.807) is 17.3 Å². The molecule has 2 unspecified atom stereocenters. The van der Waals surface area contributed by atoms with Crippen LogP contribution >= 0.6 is 0 Å². The van der Waals surface area contributed by atoms with Crippen LogP contribution in [0.25, 0.3) is 0 Å². The van der Waals surface area contributed by atoms with Crippen LogP contribution in [0.3, 0.4) is 0 Å². The van der Waals surface area contributed by atoms with Gasteiger partial charge in [0, 0.05) is 25.3 Å². The highest BCUT2D eigenvalue weighted by molar-refractivity contribution is 5.76. The van der Waals surface area contributed by atoms with E-state index in [1.807, 2.05) is 6.92 Å². The van der Waals surface area contributed by atoms with Gasteiger partial charge in [0.05, 0.1) is 18.9 Å². The summed E-state index contributed by atoms with van der Waals surface area (Å²) in [5.41, 5.74) is 5.78. The lowest BCUT2D eigenvalue weighted by Crippen LogP contribution is -2.52. The molecule has 1 saturated heterocycles. The van der Waals surface area contributed by atoms with Crippen molar-refractivity contribution in [2.75, 3.05) is 19.7 Å². The monoisotopic (exact) mass is 239 g/mol. The molecule has 0 bridgehead atoms. The van der Waals surface area contributed by atoms with Crippen molar-refractivity contribution in [2.24, 2.45) is 5.73 Å². The van der Waals surface area contributed by atoms with Crippen LogP contribution in [-0.2, 0) is 16.1 Å². The normalized spacial score (nSPS) is 22.5. The minimum absolute atomic E-state index is 0.0180. The minimum atomic E-state index is -0.0801. The maximum Gasteiger partial charge on any atom is 0.244 e. The van der Waals surface area contributed by atoms with E-state index < -0.39 is 0 Å². The third-order valence-electron chi connectivity index (χ3n) is 2.80. The number of morpholine rings is 1. The molecule has 1 fully saturated rings. The van der Waals surface area contributed by atoms with Crippen LogP contribution < -0.4 is 5.73 Å². The van der Waals surface area contributed by atoms with Crippen molar-refractivity contribution in [2.45, 2.75) is 25.6 Å². The molecule has 0 spiro atoms. The van der Waals surface area contributed by atoms with Gasteiger partial charge in [0.15, 0.2) is 0 Å². The molecule has 1 aromatic heterocycles. The predicted octanol–water partition coefficient (Wildman–Crippen LogP) is -1.15. The summed E-state index contributed by atoms with van der Waals surface area (Å²) in [4.78, 5) is 13.7. The van der Waals surface area contributed by atoms with Crippen molar-refractivity contribution in [1.82, 2.24) is 19.9 Å². The van der Waals surface area contributed by atoms with E-state index in [-0.39, 0.29) is 24.6 Å². The Morgan fingerprint density at radius 2 is 2.53 bits per heavy atom. The van der Waals surface area contributed by atoms with Crippen LogP contribution in [-0.4, -0.2) is 57.6 Å². The first-order chi connectivity index (χ1) is 8.16. The zero-order valence-corrected chi connectivity index (χ0v) is 9.82. The number of ether oxygens (including phenoxy) is 1. The van der Waals surface area contributed by atoms with Crippen LogP contribution in [0.2, 0.25) is 0 Å².